The fourth-order valence-electron chi connectivity index (χ4n) is 3.54. The molecule has 1 amide bonds. The van der Waals surface area contributed by atoms with Gasteiger partial charge in [-0.15, -0.1) is 0 Å². The molecule has 8 heteroatoms. The molecule has 0 unspecified atom stereocenters. The number of fused-ring (bicyclic) bond motifs is 1. The number of hydrogen-bond acceptors (Lipinski definition) is 7. The van der Waals surface area contributed by atoms with Crippen LogP contribution in [0.25, 0.3) is 11.3 Å². The van der Waals surface area contributed by atoms with Crippen molar-refractivity contribution in [2.24, 2.45) is 0 Å². The minimum atomic E-state index is -0.298. The Morgan fingerprint density at radius 2 is 1.76 bits per heavy atom. The van der Waals surface area contributed by atoms with Crippen molar-refractivity contribution in [1.29, 1.82) is 0 Å². The molecule has 3 aromatic rings. The van der Waals surface area contributed by atoms with Crippen LogP contribution in [0.5, 0.6) is 0 Å². The summed E-state index contributed by atoms with van der Waals surface area (Å²) in [6.07, 6.45) is 3.36. The first kappa shape index (κ1) is 18.8. The quantitative estimate of drug-likeness (QED) is 0.733. The van der Waals surface area contributed by atoms with E-state index in [1.54, 1.807) is 24.3 Å². The first-order chi connectivity index (χ1) is 14.0. The number of carbonyl (C=O) groups is 1. The zero-order valence-electron chi connectivity index (χ0n) is 16.9. The molecule has 1 aliphatic rings. The van der Waals surface area contributed by atoms with Crippen molar-refractivity contribution in [3.05, 3.63) is 48.8 Å². The molecule has 0 spiro atoms. The Morgan fingerprint density at radius 1 is 1.03 bits per heavy atom. The summed E-state index contributed by atoms with van der Waals surface area (Å²) >= 11 is 0. The SMILES string of the molecule is CC(C)N1c2nc(Nc3nccc(-c4ccccc4)n3)ncc2N(C)C(=O)[C@H]1C. The number of rotatable bonds is 4. The molecular formula is C21H23N7O. The van der Waals surface area contributed by atoms with Crippen LogP contribution in [0, 0.1) is 0 Å². The third kappa shape index (κ3) is 3.49. The molecule has 29 heavy (non-hydrogen) atoms. The summed E-state index contributed by atoms with van der Waals surface area (Å²) in [7, 11) is 1.75. The average Bonchev–Trinajstić information content (AvgIpc) is 2.73. The Bertz CT molecular complexity index is 1040. The molecule has 0 saturated carbocycles. The van der Waals surface area contributed by atoms with Crippen LogP contribution in [0.3, 0.4) is 0 Å². The smallest absolute Gasteiger partial charge is 0.249 e. The first-order valence-corrected chi connectivity index (χ1v) is 9.54. The Kier molecular flexibility index (Phi) is 4.84. The van der Waals surface area contributed by atoms with Gasteiger partial charge in [0.05, 0.1) is 11.9 Å². The maximum atomic E-state index is 12.5. The topological polar surface area (TPSA) is 87.1 Å². The number of hydrogen-bond donors (Lipinski definition) is 1. The molecule has 1 aliphatic heterocycles. The molecule has 0 radical (unpaired) electrons. The van der Waals surface area contributed by atoms with E-state index in [2.05, 4.69) is 25.3 Å². The summed E-state index contributed by atoms with van der Waals surface area (Å²) in [4.78, 5) is 34.1. The van der Waals surface area contributed by atoms with Gasteiger partial charge in [-0.3, -0.25) is 10.1 Å². The van der Waals surface area contributed by atoms with Gasteiger partial charge in [0.25, 0.3) is 0 Å². The molecule has 0 saturated heterocycles. The van der Waals surface area contributed by atoms with Gasteiger partial charge in [-0.1, -0.05) is 30.3 Å². The highest BCUT2D eigenvalue weighted by atomic mass is 16.2. The van der Waals surface area contributed by atoms with Gasteiger partial charge in [-0.2, -0.15) is 4.98 Å². The lowest BCUT2D eigenvalue weighted by molar-refractivity contribution is -0.119. The van der Waals surface area contributed by atoms with Crippen LogP contribution in [0.15, 0.2) is 48.8 Å². The number of carbonyl (C=O) groups excluding carboxylic acids is 1. The van der Waals surface area contributed by atoms with Crippen molar-refractivity contribution in [2.75, 3.05) is 22.2 Å². The molecule has 4 rings (SSSR count). The lowest BCUT2D eigenvalue weighted by Crippen LogP contribution is -2.53. The van der Waals surface area contributed by atoms with E-state index in [9.17, 15) is 4.79 Å². The van der Waals surface area contributed by atoms with Gasteiger partial charge >= 0.3 is 0 Å². The molecule has 1 aromatic carbocycles. The predicted octanol–water partition coefficient (Wildman–Crippen LogP) is 3.26. The zero-order valence-corrected chi connectivity index (χ0v) is 16.9. The third-order valence-electron chi connectivity index (χ3n) is 4.97. The highest BCUT2D eigenvalue weighted by Gasteiger charge is 2.36. The second-order valence-electron chi connectivity index (χ2n) is 7.23. The van der Waals surface area contributed by atoms with Gasteiger partial charge in [0.15, 0.2) is 5.82 Å². The Labute approximate surface area is 169 Å². The highest BCUT2D eigenvalue weighted by Crippen LogP contribution is 2.35. The summed E-state index contributed by atoms with van der Waals surface area (Å²) in [5.41, 5.74) is 2.50. The van der Waals surface area contributed by atoms with Crippen LogP contribution in [-0.2, 0) is 4.79 Å². The first-order valence-electron chi connectivity index (χ1n) is 9.54. The average molecular weight is 389 g/mol. The van der Waals surface area contributed by atoms with Crippen LogP contribution >= 0.6 is 0 Å². The van der Waals surface area contributed by atoms with Crippen LogP contribution in [0.4, 0.5) is 23.4 Å². The minimum absolute atomic E-state index is 0.0226. The summed E-state index contributed by atoms with van der Waals surface area (Å²) in [5, 5.41) is 3.09. The van der Waals surface area contributed by atoms with Crippen molar-refractivity contribution in [3.8, 4) is 11.3 Å². The van der Waals surface area contributed by atoms with Gasteiger partial charge in [0, 0.05) is 24.8 Å². The maximum Gasteiger partial charge on any atom is 0.249 e. The van der Waals surface area contributed by atoms with E-state index in [0.717, 1.165) is 11.3 Å². The number of likely N-dealkylation sites (N-methyl/N-ethyl adjacent to an activating group) is 1. The number of nitrogens with zero attached hydrogens (tertiary/aromatic N) is 6. The van der Waals surface area contributed by atoms with Crippen molar-refractivity contribution in [1.82, 2.24) is 19.9 Å². The van der Waals surface area contributed by atoms with Gasteiger partial charge in [0.1, 0.15) is 11.7 Å². The standard InChI is InChI=1S/C21H23N7O/c1-13(2)28-14(3)19(29)27(4)17-12-23-21(25-18(17)28)26-20-22-11-10-16(24-20)15-8-6-5-7-9-15/h5-14H,1-4H3,(H,22,23,24,25,26)/t14-/m1/s1. The van der Waals surface area contributed by atoms with E-state index < -0.39 is 0 Å². The second-order valence-corrected chi connectivity index (χ2v) is 7.23. The molecule has 0 bridgehead atoms. The fourth-order valence-corrected chi connectivity index (χ4v) is 3.54. The zero-order chi connectivity index (χ0) is 20.5. The minimum Gasteiger partial charge on any atom is -0.341 e. The van der Waals surface area contributed by atoms with Gasteiger partial charge in [-0.25, -0.2) is 15.0 Å². The molecule has 1 atom stereocenters. The molecule has 0 aliphatic carbocycles. The molecule has 2 aromatic heterocycles. The van der Waals surface area contributed by atoms with Crippen molar-refractivity contribution >= 4 is 29.3 Å². The van der Waals surface area contributed by atoms with Gasteiger partial charge < -0.3 is 9.80 Å². The molecule has 148 valence electrons. The van der Waals surface area contributed by atoms with Crippen molar-refractivity contribution in [3.63, 3.8) is 0 Å². The van der Waals surface area contributed by atoms with Crippen molar-refractivity contribution < 1.29 is 4.79 Å². The second kappa shape index (κ2) is 7.46. The van der Waals surface area contributed by atoms with Gasteiger partial charge in [-0.05, 0) is 26.8 Å². The van der Waals surface area contributed by atoms with Crippen molar-refractivity contribution in [2.45, 2.75) is 32.9 Å². The molecule has 3 heterocycles. The lowest BCUT2D eigenvalue weighted by Gasteiger charge is -2.41. The van der Waals surface area contributed by atoms with Gasteiger partial charge in [0.2, 0.25) is 17.8 Å². The number of aromatic nitrogens is 4. The number of benzene rings is 1. The Hall–Kier alpha value is -3.55. The number of anilines is 4. The lowest BCUT2D eigenvalue weighted by atomic mass is 10.1. The summed E-state index contributed by atoms with van der Waals surface area (Å²) in [6, 6.07) is 11.6. The highest BCUT2D eigenvalue weighted by molar-refractivity contribution is 6.04. The fraction of sp³-hybridized carbons (Fsp3) is 0.286. The van der Waals surface area contributed by atoms with Crippen LogP contribution in [0.1, 0.15) is 20.8 Å². The third-order valence-corrected chi connectivity index (χ3v) is 4.97. The molecule has 1 N–H and O–H groups in total. The monoisotopic (exact) mass is 389 g/mol. The number of amides is 1. The maximum absolute atomic E-state index is 12.5. The summed E-state index contributed by atoms with van der Waals surface area (Å²) < 4.78 is 0. The Morgan fingerprint density at radius 3 is 2.48 bits per heavy atom. The predicted molar refractivity (Wildman–Crippen MR) is 113 cm³/mol. The van der Waals surface area contributed by atoms with E-state index in [1.807, 2.05) is 62.1 Å². The normalized spacial score (nSPS) is 16.2. The molecular weight excluding hydrogens is 366 g/mol. The van der Waals surface area contributed by atoms with E-state index in [0.29, 0.717) is 23.4 Å². The van der Waals surface area contributed by atoms with E-state index >= 15 is 0 Å². The van der Waals surface area contributed by atoms with Crippen LogP contribution in [-0.4, -0.2) is 45.0 Å². The van der Waals surface area contributed by atoms with Crippen LogP contribution in [0.2, 0.25) is 0 Å². The largest absolute Gasteiger partial charge is 0.341 e. The Balaban J connectivity index is 1.67. The van der Waals surface area contributed by atoms with Crippen LogP contribution < -0.4 is 15.1 Å². The molecule has 8 nitrogen and oxygen atoms in total. The van der Waals surface area contributed by atoms with E-state index in [-0.39, 0.29) is 18.0 Å². The van der Waals surface area contributed by atoms with E-state index in [1.165, 1.54) is 0 Å². The summed E-state index contributed by atoms with van der Waals surface area (Å²) in [5.74, 6) is 1.53. The number of nitrogens with one attached hydrogen (secondary N) is 1. The summed E-state index contributed by atoms with van der Waals surface area (Å²) in [6.45, 7) is 5.98. The van der Waals surface area contributed by atoms with E-state index in [4.69, 9.17) is 0 Å². The molecule has 0 fully saturated rings.